The third-order valence-electron chi connectivity index (χ3n) is 7.14. The zero-order chi connectivity index (χ0) is 24.0. The van der Waals surface area contributed by atoms with Crippen LogP contribution in [-0.4, -0.2) is 68.9 Å². The van der Waals surface area contributed by atoms with Gasteiger partial charge in [0.25, 0.3) is 5.56 Å². The van der Waals surface area contributed by atoms with Crippen LogP contribution in [0.25, 0.3) is 22.2 Å². The molecule has 0 radical (unpaired) electrons. The Morgan fingerprint density at radius 3 is 2.71 bits per heavy atom. The monoisotopic (exact) mass is 466 g/mol. The number of H-pyrrole nitrogens is 1. The highest BCUT2D eigenvalue weighted by Crippen LogP contribution is 2.40. The molecule has 0 saturated carbocycles. The number of benzene rings is 1. The lowest BCUT2D eigenvalue weighted by Crippen LogP contribution is -2.29. The van der Waals surface area contributed by atoms with Gasteiger partial charge in [0.1, 0.15) is 0 Å². The van der Waals surface area contributed by atoms with E-state index in [0.717, 1.165) is 74.0 Å². The van der Waals surface area contributed by atoms with Crippen LogP contribution in [0.1, 0.15) is 29.7 Å². The van der Waals surface area contributed by atoms with E-state index in [9.17, 15) is 14.7 Å². The number of aryl methyl sites for hydroxylation is 2. The molecular formula is C25H30N4O5. The molecule has 0 unspecified atom stereocenters. The minimum absolute atomic E-state index is 0.394. The van der Waals surface area contributed by atoms with Crippen molar-refractivity contribution in [2.24, 2.45) is 7.05 Å². The summed E-state index contributed by atoms with van der Waals surface area (Å²) in [4.78, 5) is 31.2. The van der Waals surface area contributed by atoms with Gasteiger partial charge in [0, 0.05) is 54.4 Å². The fourth-order valence-electron chi connectivity index (χ4n) is 5.28. The molecule has 5 rings (SSSR count). The summed E-state index contributed by atoms with van der Waals surface area (Å²) in [6.45, 7) is 5.20. The van der Waals surface area contributed by atoms with Crippen LogP contribution in [0, 0.1) is 0 Å². The molecule has 3 N–H and O–H groups in total. The Balaban J connectivity index is 1.56. The molecule has 0 bridgehead atoms. The summed E-state index contributed by atoms with van der Waals surface area (Å²) < 4.78 is 6.81. The van der Waals surface area contributed by atoms with Gasteiger partial charge in [0.05, 0.1) is 5.69 Å². The highest BCUT2D eigenvalue weighted by atomic mass is 16.7. The van der Waals surface area contributed by atoms with E-state index < -0.39 is 23.2 Å². The molecule has 34 heavy (non-hydrogen) atoms. The van der Waals surface area contributed by atoms with E-state index in [4.69, 9.17) is 5.11 Å². The van der Waals surface area contributed by atoms with Gasteiger partial charge in [0.2, 0.25) is 5.75 Å². The minimum Gasteiger partial charge on any atom is -0.504 e. The lowest BCUT2D eigenvalue weighted by atomic mass is 9.99. The van der Waals surface area contributed by atoms with Gasteiger partial charge in [-0.1, -0.05) is 0 Å². The first-order valence-electron chi connectivity index (χ1n) is 11.7. The van der Waals surface area contributed by atoms with Crippen LogP contribution in [0.15, 0.2) is 23.0 Å². The first-order valence-corrected chi connectivity index (χ1v) is 11.7. The Morgan fingerprint density at radius 2 is 1.91 bits per heavy atom. The molecule has 1 aromatic carbocycles. The Hall–Kier alpha value is -3.30. The van der Waals surface area contributed by atoms with Crippen LogP contribution in [0.3, 0.4) is 0 Å². The largest absolute Gasteiger partial charge is 0.511 e. The second kappa shape index (κ2) is 8.81. The van der Waals surface area contributed by atoms with Gasteiger partial charge >= 0.3 is 6.16 Å². The first-order chi connectivity index (χ1) is 16.3. The van der Waals surface area contributed by atoms with Gasteiger partial charge in [-0.05, 0) is 69.6 Å². The van der Waals surface area contributed by atoms with Gasteiger partial charge in [-0.2, -0.15) is 0 Å². The van der Waals surface area contributed by atoms with Crippen LogP contribution >= 0.6 is 0 Å². The minimum atomic E-state index is -1.63. The second-order valence-corrected chi connectivity index (χ2v) is 9.40. The first kappa shape index (κ1) is 22.5. The van der Waals surface area contributed by atoms with Gasteiger partial charge in [0.15, 0.2) is 5.75 Å². The topological polar surface area (TPSA) is 111 Å². The summed E-state index contributed by atoms with van der Waals surface area (Å²) in [6, 6.07) is 6.45. The summed E-state index contributed by atoms with van der Waals surface area (Å²) in [6.07, 6.45) is 1.58. The number of likely N-dealkylation sites (N-methyl/N-ethyl adjacent to an activating group) is 1. The molecule has 2 aromatic heterocycles. The van der Waals surface area contributed by atoms with E-state index in [0.29, 0.717) is 17.7 Å². The number of ether oxygens (including phenoxy) is 1. The number of fused-ring (bicyclic) bond motifs is 4. The number of carboxylic acid groups (broad SMARTS) is 1. The van der Waals surface area contributed by atoms with Crippen LogP contribution in [0.2, 0.25) is 0 Å². The van der Waals surface area contributed by atoms with Gasteiger partial charge < -0.3 is 29.4 Å². The average molecular weight is 467 g/mol. The van der Waals surface area contributed by atoms with Gasteiger partial charge in [-0.15, -0.1) is 0 Å². The number of pyridine rings is 1. The van der Waals surface area contributed by atoms with Crippen molar-refractivity contribution >= 4 is 17.1 Å². The second-order valence-electron chi connectivity index (χ2n) is 9.40. The smallest absolute Gasteiger partial charge is 0.504 e. The average Bonchev–Trinajstić information content (AvgIpc) is 2.93. The van der Waals surface area contributed by atoms with Crippen molar-refractivity contribution in [3.63, 3.8) is 0 Å². The van der Waals surface area contributed by atoms with Crippen molar-refractivity contribution in [2.45, 2.75) is 32.2 Å². The fourth-order valence-corrected chi connectivity index (χ4v) is 5.28. The molecule has 1 aliphatic heterocycles. The number of hydrogen-bond acceptors (Lipinski definition) is 6. The molecule has 9 heteroatoms. The van der Waals surface area contributed by atoms with E-state index >= 15 is 0 Å². The number of aromatic amines is 1. The lowest BCUT2D eigenvalue weighted by Gasteiger charge is -2.20. The van der Waals surface area contributed by atoms with E-state index in [1.807, 2.05) is 0 Å². The summed E-state index contributed by atoms with van der Waals surface area (Å²) in [5.41, 5.74) is 4.63. The van der Waals surface area contributed by atoms with Crippen LogP contribution in [0.4, 0.5) is 4.79 Å². The van der Waals surface area contributed by atoms with Crippen molar-refractivity contribution in [3.05, 3.63) is 45.4 Å². The Morgan fingerprint density at radius 1 is 1.09 bits per heavy atom. The number of aromatic nitrogens is 2. The van der Waals surface area contributed by atoms with E-state index in [1.54, 1.807) is 0 Å². The van der Waals surface area contributed by atoms with E-state index in [1.165, 1.54) is 5.69 Å². The maximum Gasteiger partial charge on any atom is 0.511 e. The predicted octanol–water partition coefficient (Wildman–Crippen LogP) is 2.92. The quantitative estimate of drug-likeness (QED) is 0.509. The maximum atomic E-state index is 12.5. The van der Waals surface area contributed by atoms with Gasteiger partial charge in [-0.3, -0.25) is 9.69 Å². The molecule has 1 fully saturated rings. The Bertz CT molecular complexity index is 1330. The summed E-state index contributed by atoms with van der Waals surface area (Å²) in [7, 11) is 4.27. The van der Waals surface area contributed by atoms with E-state index in [-0.39, 0.29) is 0 Å². The molecule has 3 heterocycles. The molecule has 180 valence electrons. The zero-order valence-electron chi connectivity index (χ0n) is 19.6. The normalized spacial score (nSPS) is 17.1. The third kappa shape index (κ3) is 4.05. The molecular weight excluding hydrogens is 436 g/mol. The van der Waals surface area contributed by atoms with E-state index in [2.05, 4.69) is 56.4 Å². The molecule has 0 amide bonds. The number of nitrogens with one attached hydrogen (secondary N) is 1. The summed E-state index contributed by atoms with van der Waals surface area (Å²) >= 11 is 0. The SMILES string of the molecule is CN1CCCN(Cc2cc3cc4c(cc3n2C)CCCc2c-4[nH]c(=O)c(OC(=O)O)c2O)CC1. The standard InChI is InChI=1S/C25H30N4O5/c1-27-7-4-8-29(10-9-27)14-17-11-16-12-19-15(13-20(16)28(17)2)5-3-6-18-21(19)26-24(31)23(22(18)30)34-25(32)33/h11-13H,3-10,14H2,1-2H3,(H,32,33)(H2,26,30,31). The van der Waals surface area contributed by atoms with Crippen LogP contribution < -0.4 is 10.3 Å². The molecule has 3 aromatic rings. The van der Waals surface area contributed by atoms with Crippen molar-refractivity contribution in [1.82, 2.24) is 19.4 Å². The molecule has 9 nitrogen and oxygen atoms in total. The van der Waals surface area contributed by atoms with Crippen molar-refractivity contribution in [2.75, 3.05) is 33.2 Å². The Kier molecular flexibility index (Phi) is 5.83. The Labute approximate surface area is 197 Å². The maximum absolute atomic E-state index is 12.5. The summed E-state index contributed by atoms with van der Waals surface area (Å²) in [5.74, 6) is -0.963. The third-order valence-corrected chi connectivity index (χ3v) is 7.14. The predicted molar refractivity (Wildman–Crippen MR) is 129 cm³/mol. The van der Waals surface area contributed by atoms with Crippen LogP contribution in [-0.2, 0) is 26.4 Å². The van der Waals surface area contributed by atoms with Crippen molar-refractivity contribution in [1.29, 1.82) is 0 Å². The molecule has 1 aliphatic carbocycles. The van der Waals surface area contributed by atoms with Crippen LogP contribution in [0.5, 0.6) is 11.5 Å². The van der Waals surface area contributed by atoms with Gasteiger partial charge in [-0.25, -0.2) is 4.79 Å². The number of nitrogens with zero attached hydrogens (tertiary/aromatic N) is 3. The van der Waals surface area contributed by atoms with Crippen molar-refractivity contribution in [3.8, 4) is 22.8 Å². The zero-order valence-corrected chi connectivity index (χ0v) is 19.6. The number of rotatable bonds is 3. The fraction of sp³-hybridized carbons (Fsp3) is 0.440. The number of carbonyl (C=O) groups is 1. The lowest BCUT2D eigenvalue weighted by molar-refractivity contribution is 0.142. The molecule has 2 aliphatic rings. The van der Waals surface area contributed by atoms with Crippen molar-refractivity contribution < 1.29 is 19.7 Å². The molecule has 0 atom stereocenters. The number of aromatic hydroxyl groups is 1. The number of hydrogen-bond donors (Lipinski definition) is 3. The highest BCUT2D eigenvalue weighted by molar-refractivity contribution is 5.89. The molecule has 1 saturated heterocycles. The molecule has 0 spiro atoms. The summed E-state index contributed by atoms with van der Waals surface area (Å²) in [5, 5.41) is 20.7. The highest BCUT2D eigenvalue weighted by Gasteiger charge is 2.25.